The standard InChI is InChI=1S/C10H14N4S/c1-3-8-13-9(10(11)15-8)7-5-12-14(4-2)6-7/h5-6H,3-4,11H2,1-2H3. The molecule has 2 aromatic rings. The molecule has 0 saturated carbocycles. The minimum atomic E-state index is 0.780. The van der Waals surface area contributed by atoms with E-state index in [-0.39, 0.29) is 0 Å². The molecule has 0 aromatic carbocycles. The van der Waals surface area contributed by atoms with Crippen LogP contribution in [0.3, 0.4) is 0 Å². The van der Waals surface area contributed by atoms with Crippen LogP contribution in [0.1, 0.15) is 18.9 Å². The zero-order valence-electron chi connectivity index (χ0n) is 8.90. The number of anilines is 1. The lowest BCUT2D eigenvalue weighted by molar-refractivity contribution is 0.660. The molecule has 0 radical (unpaired) electrons. The minimum Gasteiger partial charge on any atom is -0.389 e. The fourth-order valence-corrected chi connectivity index (χ4v) is 2.19. The van der Waals surface area contributed by atoms with Crippen LogP contribution in [0.2, 0.25) is 0 Å². The van der Waals surface area contributed by atoms with Crippen LogP contribution in [0.25, 0.3) is 11.3 Å². The van der Waals surface area contributed by atoms with Gasteiger partial charge in [-0.25, -0.2) is 4.98 Å². The van der Waals surface area contributed by atoms with Crippen LogP contribution in [0.4, 0.5) is 5.00 Å². The lowest BCUT2D eigenvalue weighted by Crippen LogP contribution is -1.92. The Hall–Kier alpha value is -1.36. The number of aromatic nitrogens is 3. The minimum absolute atomic E-state index is 0.780. The van der Waals surface area contributed by atoms with Crippen molar-refractivity contribution in [1.82, 2.24) is 14.8 Å². The Morgan fingerprint density at radius 3 is 2.80 bits per heavy atom. The number of nitrogen functional groups attached to an aromatic ring is 1. The van der Waals surface area contributed by atoms with E-state index < -0.39 is 0 Å². The van der Waals surface area contributed by atoms with Crippen molar-refractivity contribution < 1.29 is 0 Å². The van der Waals surface area contributed by atoms with Gasteiger partial charge in [0.15, 0.2) is 0 Å². The van der Waals surface area contributed by atoms with Gasteiger partial charge in [0, 0.05) is 18.3 Å². The Bertz CT molecular complexity index is 458. The molecule has 80 valence electrons. The summed E-state index contributed by atoms with van der Waals surface area (Å²) < 4.78 is 1.87. The van der Waals surface area contributed by atoms with E-state index in [1.807, 2.05) is 17.1 Å². The van der Waals surface area contributed by atoms with Crippen LogP contribution in [0, 0.1) is 0 Å². The highest BCUT2D eigenvalue weighted by atomic mass is 32.1. The molecule has 0 unspecified atom stereocenters. The van der Waals surface area contributed by atoms with E-state index in [4.69, 9.17) is 5.73 Å². The topological polar surface area (TPSA) is 56.7 Å². The van der Waals surface area contributed by atoms with Gasteiger partial charge in [0.25, 0.3) is 0 Å². The highest BCUT2D eigenvalue weighted by Crippen LogP contribution is 2.30. The Morgan fingerprint density at radius 2 is 2.27 bits per heavy atom. The molecule has 4 nitrogen and oxygen atoms in total. The molecule has 0 atom stereocenters. The van der Waals surface area contributed by atoms with Crippen molar-refractivity contribution in [3.63, 3.8) is 0 Å². The summed E-state index contributed by atoms with van der Waals surface area (Å²) in [5.41, 5.74) is 7.80. The van der Waals surface area contributed by atoms with Crippen molar-refractivity contribution >= 4 is 16.3 Å². The first-order valence-electron chi connectivity index (χ1n) is 5.02. The fraction of sp³-hybridized carbons (Fsp3) is 0.400. The van der Waals surface area contributed by atoms with E-state index in [0.717, 1.165) is 34.2 Å². The lowest BCUT2D eigenvalue weighted by Gasteiger charge is -1.92. The number of rotatable bonds is 3. The number of nitrogens with zero attached hydrogens (tertiary/aromatic N) is 3. The SMILES string of the molecule is CCc1nc(-c2cnn(CC)c2)c(N)s1. The van der Waals surface area contributed by atoms with Crippen molar-refractivity contribution in [1.29, 1.82) is 0 Å². The van der Waals surface area contributed by atoms with Crippen LogP contribution in [-0.2, 0) is 13.0 Å². The maximum Gasteiger partial charge on any atom is 0.114 e. The van der Waals surface area contributed by atoms with Crippen molar-refractivity contribution in [2.75, 3.05) is 5.73 Å². The number of hydrogen-bond acceptors (Lipinski definition) is 4. The molecule has 0 aliphatic heterocycles. The first-order valence-corrected chi connectivity index (χ1v) is 5.84. The third-order valence-electron chi connectivity index (χ3n) is 2.23. The van der Waals surface area contributed by atoms with Crippen LogP contribution in [0.5, 0.6) is 0 Å². The molecule has 0 spiro atoms. The summed E-state index contributed by atoms with van der Waals surface area (Å²) in [4.78, 5) is 4.49. The maximum atomic E-state index is 5.92. The molecular formula is C10H14N4S. The van der Waals surface area contributed by atoms with Gasteiger partial charge in [-0.05, 0) is 13.3 Å². The molecule has 2 N–H and O–H groups in total. The van der Waals surface area contributed by atoms with E-state index in [1.54, 1.807) is 11.3 Å². The molecule has 5 heteroatoms. The largest absolute Gasteiger partial charge is 0.389 e. The first-order chi connectivity index (χ1) is 7.24. The van der Waals surface area contributed by atoms with Crippen molar-refractivity contribution in [3.05, 3.63) is 17.4 Å². The van der Waals surface area contributed by atoms with Gasteiger partial charge in [-0.3, -0.25) is 4.68 Å². The van der Waals surface area contributed by atoms with E-state index in [0.29, 0.717) is 0 Å². The summed E-state index contributed by atoms with van der Waals surface area (Å²) in [7, 11) is 0. The maximum absolute atomic E-state index is 5.92. The molecule has 2 rings (SSSR count). The second-order valence-electron chi connectivity index (χ2n) is 3.26. The first kappa shape index (κ1) is 10.2. The molecule has 0 bridgehead atoms. The molecule has 15 heavy (non-hydrogen) atoms. The van der Waals surface area contributed by atoms with Crippen molar-refractivity contribution in [3.8, 4) is 11.3 Å². The predicted octanol–water partition coefficient (Wildman–Crippen LogP) is 2.17. The van der Waals surface area contributed by atoms with Gasteiger partial charge in [0.1, 0.15) is 10.7 Å². The second kappa shape index (κ2) is 4.02. The molecule has 0 aliphatic rings. The zero-order chi connectivity index (χ0) is 10.8. The fourth-order valence-electron chi connectivity index (χ4n) is 1.39. The van der Waals surface area contributed by atoms with Crippen LogP contribution in [-0.4, -0.2) is 14.8 Å². The average Bonchev–Trinajstić information content (AvgIpc) is 2.83. The van der Waals surface area contributed by atoms with Crippen molar-refractivity contribution in [2.45, 2.75) is 26.8 Å². The Morgan fingerprint density at radius 1 is 1.47 bits per heavy atom. The summed E-state index contributed by atoms with van der Waals surface area (Å²) >= 11 is 1.56. The normalized spacial score (nSPS) is 10.8. The molecule has 0 fully saturated rings. The third kappa shape index (κ3) is 1.87. The smallest absolute Gasteiger partial charge is 0.114 e. The Balaban J connectivity index is 2.39. The zero-order valence-corrected chi connectivity index (χ0v) is 9.71. The van der Waals surface area contributed by atoms with Gasteiger partial charge >= 0.3 is 0 Å². The number of nitrogens with two attached hydrogens (primary N) is 1. The predicted molar refractivity (Wildman–Crippen MR) is 62.8 cm³/mol. The van der Waals surface area contributed by atoms with Gasteiger partial charge in [-0.1, -0.05) is 6.92 Å². The monoisotopic (exact) mass is 222 g/mol. The van der Waals surface area contributed by atoms with Gasteiger partial charge in [-0.15, -0.1) is 11.3 Å². The highest BCUT2D eigenvalue weighted by molar-refractivity contribution is 7.16. The summed E-state index contributed by atoms with van der Waals surface area (Å²) in [5, 5.41) is 6.07. The summed E-state index contributed by atoms with van der Waals surface area (Å²) in [6.45, 7) is 5.00. The molecule has 0 amide bonds. The summed E-state index contributed by atoms with van der Waals surface area (Å²) in [6.07, 6.45) is 4.72. The number of aryl methyl sites for hydroxylation is 2. The van der Waals surface area contributed by atoms with Crippen LogP contribution < -0.4 is 5.73 Å². The van der Waals surface area contributed by atoms with E-state index in [2.05, 4.69) is 23.9 Å². The van der Waals surface area contributed by atoms with Crippen molar-refractivity contribution in [2.24, 2.45) is 0 Å². The molecule has 0 saturated heterocycles. The Labute approximate surface area is 92.8 Å². The third-order valence-corrected chi connectivity index (χ3v) is 3.26. The van der Waals surface area contributed by atoms with Gasteiger partial charge < -0.3 is 5.73 Å². The number of hydrogen-bond donors (Lipinski definition) is 1. The second-order valence-corrected chi connectivity index (χ2v) is 4.37. The lowest BCUT2D eigenvalue weighted by atomic mass is 10.3. The molecule has 0 aliphatic carbocycles. The van der Waals surface area contributed by atoms with E-state index in [1.165, 1.54) is 0 Å². The van der Waals surface area contributed by atoms with E-state index >= 15 is 0 Å². The van der Waals surface area contributed by atoms with Crippen LogP contribution in [0.15, 0.2) is 12.4 Å². The molecular weight excluding hydrogens is 208 g/mol. The van der Waals surface area contributed by atoms with Gasteiger partial charge in [-0.2, -0.15) is 5.10 Å². The quantitative estimate of drug-likeness (QED) is 0.866. The molecule has 2 aromatic heterocycles. The average molecular weight is 222 g/mol. The van der Waals surface area contributed by atoms with Gasteiger partial charge in [0.2, 0.25) is 0 Å². The summed E-state index contributed by atoms with van der Waals surface area (Å²) in [5.74, 6) is 0. The van der Waals surface area contributed by atoms with Gasteiger partial charge in [0.05, 0.1) is 11.2 Å². The Kier molecular flexibility index (Phi) is 2.73. The number of thiazole rings is 1. The van der Waals surface area contributed by atoms with E-state index in [9.17, 15) is 0 Å². The molecule has 2 heterocycles. The highest BCUT2D eigenvalue weighted by Gasteiger charge is 2.11. The summed E-state index contributed by atoms with van der Waals surface area (Å²) in [6, 6.07) is 0. The van der Waals surface area contributed by atoms with Crippen LogP contribution >= 0.6 is 11.3 Å².